The third kappa shape index (κ3) is 4.14. The molecule has 0 bridgehead atoms. The lowest BCUT2D eigenvalue weighted by Gasteiger charge is -2.01. The minimum Gasteiger partial charge on any atom is -0.507 e. The highest BCUT2D eigenvalue weighted by molar-refractivity contribution is 5.85. The van der Waals surface area contributed by atoms with Gasteiger partial charge in [-0.25, -0.2) is 0 Å². The zero-order valence-electron chi connectivity index (χ0n) is 11.5. The fourth-order valence-corrected chi connectivity index (χ4v) is 1.47. The van der Waals surface area contributed by atoms with Crippen LogP contribution in [0.25, 0.3) is 0 Å². The number of nitrogens with zero attached hydrogens (tertiary/aromatic N) is 1. The van der Waals surface area contributed by atoms with Gasteiger partial charge in [0.05, 0.1) is 0 Å². The molecule has 0 saturated carbocycles. The number of para-hydroxylation sites is 1. The Labute approximate surface area is 113 Å². The predicted molar refractivity (Wildman–Crippen MR) is 79.6 cm³/mol. The van der Waals surface area contributed by atoms with Gasteiger partial charge in [-0.2, -0.15) is 0 Å². The maximum atomic E-state index is 9.61. The van der Waals surface area contributed by atoms with Crippen LogP contribution in [0.15, 0.2) is 47.5 Å². The third-order valence-corrected chi connectivity index (χ3v) is 2.41. The molecule has 2 aromatic carbocycles. The predicted octanol–water partition coefficient (Wildman–Crippen LogP) is 4.18. The maximum Gasteiger partial charge on any atom is 0.141 e. The summed E-state index contributed by atoms with van der Waals surface area (Å²) in [5, 5.41) is 19.2. The summed E-state index contributed by atoms with van der Waals surface area (Å²) >= 11 is 0. The van der Waals surface area contributed by atoms with Gasteiger partial charge in [-0.1, -0.05) is 32.0 Å². The van der Waals surface area contributed by atoms with Crippen molar-refractivity contribution in [1.82, 2.24) is 0 Å². The Hall–Kier alpha value is -2.29. The zero-order chi connectivity index (χ0) is 14.3. The molecular formula is C16H19NO2. The second-order valence-electron chi connectivity index (χ2n) is 3.81. The molecule has 100 valence electrons. The lowest BCUT2D eigenvalue weighted by molar-refractivity contribution is 0.474. The second kappa shape index (κ2) is 7.21. The number of phenolic OH excluding ortho intramolecular Hbond substituents is 2. The van der Waals surface area contributed by atoms with Gasteiger partial charge in [-0.3, -0.25) is 4.99 Å². The maximum absolute atomic E-state index is 9.61. The van der Waals surface area contributed by atoms with E-state index >= 15 is 0 Å². The van der Waals surface area contributed by atoms with Gasteiger partial charge >= 0.3 is 0 Å². The average Bonchev–Trinajstić information content (AvgIpc) is 2.44. The highest BCUT2D eigenvalue weighted by Gasteiger charge is 1.99. The van der Waals surface area contributed by atoms with Crippen molar-refractivity contribution in [1.29, 1.82) is 0 Å². The van der Waals surface area contributed by atoms with Crippen molar-refractivity contribution in [2.75, 3.05) is 0 Å². The number of aromatic hydroxyl groups is 2. The van der Waals surface area contributed by atoms with Crippen molar-refractivity contribution in [3.8, 4) is 11.5 Å². The molecule has 2 rings (SSSR count). The molecule has 19 heavy (non-hydrogen) atoms. The van der Waals surface area contributed by atoms with Crippen molar-refractivity contribution < 1.29 is 10.2 Å². The molecular weight excluding hydrogens is 238 g/mol. The first-order chi connectivity index (χ1) is 9.16. The average molecular weight is 257 g/mol. The minimum atomic E-state index is 0.127. The van der Waals surface area contributed by atoms with Gasteiger partial charge in [0.1, 0.15) is 17.2 Å². The molecule has 2 N–H and O–H groups in total. The van der Waals surface area contributed by atoms with E-state index in [1.807, 2.05) is 32.9 Å². The van der Waals surface area contributed by atoms with Crippen LogP contribution in [0.5, 0.6) is 11.5 Å². The number of rotatable bonds is 2. The van der Waals surface area contributed by atoms with E-state index in [4.69, 9.17) is 0 Å². The summed E-state index contributed by atoms with van der Waals surface area (Å²) in [7, 11) is 0. The summed E-state index contributed by atoms with van der Waals surface area (Å²) in [6.07, 6.45) is 1.53. The normalized spacial score (nSPS) is 10.1. The molecule has 0 aromatic heterocycles. The van der Waals surface area contributed by atoms with Gasteiger partial charge < -0.3 is 10.2 Å². The van der Waals surface area contributed by atoms with Gasteiger partial charge in [-0.05, 0) is 36.8 Å². The number of hydrogen-bond acceptors (Lipinski definition) is 3. The van der Waals surface area contributed by atoms with Gasteiger partial charge in [-0.15, -0.1) is 0 Å². The first kappa shape index (κ1) is 14.8. The van der Waals surface area contributed by atoms with Crippen LogP contribution >= 0.6 is 0 Å². The molecule has 0 unspecified atom stereocenters. The molecule has 0 spiro atoms. The highest BCUT2D eigenvalue weighted by Crippen LogP contribution is 2.27. The Morgan fingerprint density at radius 1 is 0.947 bits per heavy atom. The van der Waals surface area contributed by atoms with Crippen LogP contribution in [0.3, 0.4) is 0 Å². The molecule has 0 saturated heterocycles. The van der Waals surface area contributed by atoms with Crippen LogP contribution in [0.1, 0.15) is 25.0 Å². The summed E-state index contributed by atoms with van der Waals surface area (Å²) in [6.45, 7) is 5.93. The number of aliphatic imine (C=N–C) groups is 1. The van der Waals surface area contributed by atoms with Crippen LogP contribution in [0.2, 0.25) is 0 Å². The minimum absolute atomic E-state index is 0.127. The largest absolute Gasteiger partial charge is 0.507 e. The molecule has 0 amide bonds. The third-order valence-electron chi connectivity index (χ3n) is 2.41. The summed E-state index contributed by atoms with van der Waals surface area (Å²) < 4.78 is 0. The summed E-state index contributed by atoms with van der Waals surface area (Å²) in [5.74, 6) is 0.297. The zero-order valence-corrected chi connectivity index (χ0v) is 11.5. The Balaban J connectivity index is 0.000000861. The van der Waals surface area contributed by atoms with Gasteiger partial charge in [0, 0.05) is 11.8 Å². The molecule has 3 heteroatoms. The fraction of sp³-hybridized carbons (Fsp3) is 0.188. The fourth-order valence-electron chi connectivity index (χ4n) is 1.47. The second-order valence-corrected chi connectivity index (χ2v) is 3.81. The van der Waals surface area contributed by atoms with E-state index in [1.54, 1.807) is 30.3 Å². The van der Waals surface area contributed by atoms with Crippen molar-refractivity contribution in [3.63, 3.8) is 0 Å². The Morgan fingerprint density at radius 3 is 2.32 bits per heavy atom. The number of benzene rings is 2. The summed E-state index contributed by atoms with van der Waals surface area (Å²) in [6, 6.07) is 12.1. The monoisotopic (exact) mass is 257 g/mol. The van der Waals surface area contributed by atoms with Crippen molar-refractivity contribution >= 4 is 11.9 Å². The van der Waals surface area contributed by atoms with E-state index in [-0.39, 0.29) is 11.5 Å². The lowest BCUT2D eigenvalue weighted by Crippen LogP contribution is -1.81. The van der Waals surface area contributed by atoms with E-state index in [0.29, 0.717) is 11.3 Å². The SMILES string of the molecule is CC.Cc1ccc(O)c(N=Cc2ccccc2O)c1. The summed E-state index contributed by atoms with van der Waals surface area (Å²) in [4.78, 5) is 4.16. The Kier molecular flexibility index (Phi) is 5.61. The number of hydrogen-bond donors (Lipinski definition) is 2. The molecule has 0 aliphatic heterocycles. The smallest absolute Gasteiger partial charge is 0.141 e. The molecule has 0 aliphatic carbocycles. The van der Waals surface area contributed by atoms with E-state index in [0.717, 1.165) is 5.56 Å². The van der Waals surface area contributed by atoms with Gasteiger partial charge in [0.15, 0.2) is 0 Å². The van der Waals surface area contributed by atoms with E-state index in [9.17, 15) is 10.2 Å². The topological polar surface area (TPSA) is 52.8 Å². The molecule has 0 fully saturated rings. The quantitative estimate of drug-likeness (QED) is 0.793. The van der Waals surface area contributed by atoms with E-state index in [2.05, 4.69) is 4.99 Å². The van der Waals surface area contributed by atoms with Crippen molar-refractivity contribution in [2.24, 2.45) is 4.99 Å². The van der Waals surface area contributed by atoms with Crippen LogP contribution in [0, 0.1) is 6.92 Å². The van der Waals surface area contributed by atoms with E-state index in [1.165, 1.54) is 6.21 Å². The molecule has 3 nitrogen and oxygen atoms in total. The molecule has 0 radical (unpaired) electrons. The first-order valence-corrected chi connectivity index (χ1v) is 6.28. The van der Waals surface area contributed by atoms with Crippen LogP contribution in [-0.4, -0.2) is 16.4 Å². The lowest BCUT2D eigenvalue weighted by atomic mass is 10.2. The standard InChI is InChI=1S/C14H13NO2.C2H6/c1-10-6-7-14(17)12(8-10)15-9-11-4-2-3-5-13(11)16;1-2/h2-9,16-17H,1H3;1-2H3. The number of phenols is 2. The van der Waals surface area contributed by atoms with Crippen LogP contribution in [0.4, 0.5) is 5.69 Å². The summed E-state index contributed by atoms with van der Waals surface area (Å²) in [5.41, 5.74) is 2.13. The highest BCUT2D eigenvalue weighted by atomic mass is 16.3. The van der Waals surface area contributed by atoms with Crippen molar-refractivity contribution in [3.05, 3.63) is 53.6 Å². The molecule has 0 aliphatic rings. The van der Waals surface area contributed by atoms with Crippen LogP contribution in [-0.2, 0) is 0 Å². The molecule has 0 atom stereocenters. The van der Waals surface area contributed by atoms with E-state index < -0.39 is 0 Å². The van der Waals surface area contributed by atoms with Crippen molar-refractivity contribution in [2.45, 2.75) is 20.8 Å². The first-order valence-electron chi connectivity index (χ1n) is 6.28. The Bertz CT molecular complexity index is 562. The molecule has 2 aromatic rings. The number of aryl methyl sites for hydroxylation is 1. The molecule has 0 heterocycles. The van der Waals surface area contributed by atoms with Gasteiger partial charge in [0.2, 0.25) is 0 Å². The van der Waals surface area contributed by atoms with Gasteiger partial charge in [0.25, 0.3) is 0 Å². The van der Waals surface area contributed by atoms with Crippen LogP contribution < -0.4 is 0 Å². The Morgan fingerprint density at radius 2 is 1.63 bits per heavy atom.